The summed E-state index contributed by atoms with van der Waals surface area (Å²) in [7, 11) is 0. The van der Waals surface area contributed by atoms with Crippen molar-refractivity contribution in [3.8, 4) is 0 Å². The molecule has 0 aliphatic carbocycles. The van der Waals surface area contributed by atoms with E-state index in [0.717, 1.165) is 28.1 Å². The zero-order valence-corrected chi connectivity index (χ0v) is 14.0. The van der Waals surface area contributed by atoms with E-state index in [9.17, 15) is 9.18 Å². The van der Waals surface area contributed by atoms with E-state index >= 15 is 0 Å². The zero-order chi connectivity index (χ0) is 16.4. The van der Waals surface area contributed by atoms with Crippen LogP contribution >= 0.6 is 11.8 Å². The van der Waals surface area contributed by atoms with Crippen molar-refractivity contribution in [1.82, 2.24) is 4.90 Å². The lowest BCUT2D eigenvalue weighted by molar-refractivity contribution is 0.214. The normalized spacial score (nSPS) is 17.3. The van der Waals surface area contributed by atoms with Crippen LogP contribution in [0, 0.1) is 19.7 Å². The second kappa shape index (κ2) is 6.62. The van der Waals surface area contributed by atoms with Gasteiger partial charge in [-0.2, -0.15) is 0 Å². The largest absolute Gasteiger partial charge is 0.323 e. The SMILES string of the molecule is Cc1cccc(C)c1NC(=O)N1CCS[C@H]1c1cccc(F)c1. The van der Waals surface area contributed by atoms with Gasteiger partial charge in [-0.1, -0.05) is 30.3 Å². The fourth-order valence-electron chi connectivity index (χ4n) is 2.80. The van der Waals surface area contributed by atoms with E-state index in [2.05, 4.69) is 5.32 Å². The smallest absolute Gasteiger partial charge is 0.308 e. The summed E-state index contributed by atoms with van der Waals surface area (Å²) in [5, 5.41) is 2.87. The molecule has 1 aliphatic rings. The van der Waals surface area contributed by atoms with Crippen LogP contribution in [0.1, 0.15) is 22.1 Å². The van der Waals surface area contributed by atoms with E-state index in [0.29, 0.717) is 6.54 Å². The molecular weight excluding hydrogens is 311 g/mol. The van der Waals surface area contributed by atoms with Gasteiger partial charge in [-0.05, 0) is 42.7 Å². The van der Waals surface area contributed by atoms with E-state index in [1.54, 1.807) is 22.7 Å². The minimum atomic E-state index is -0.273. The van der Waals surface area contributed by atoms with Crippen LogP contribution in [-0.4, -0.2) is 23.2 Å². The quantitative estimate of drug-likeness (QED) is 0.864. The number of thioether (sulfide) groups is 1. The zero-order valence-electron chi connectivity index (χ0n) is 13.2. The third-order valence-electron chi connectivity index (χ3n) is 4.00. The van der Waals surface area contributed by atoms with Crippen LogP contribution in [0.15, 0.2) is 42.5 Å². The van der Waals surface area contributed by atoms with Crippen LogP contribution in [-0.2, 0) is 0 Å². The lowest BCUT2D eigenvalue weighted by atomic mass is 10.1. The molecule has 120 valence electrons. The summed E-state index contributed by atoms with van der Waals surface area (Å²) < 4.78 is 13.5. The minimum absolute atomic E-state index is 0.137. The predicted octanol–water partition coefficient (Wildman–Crippen LogP) is 4.72. The highest BCUT2D eigenvalue weighted by molar-refractivity contribution is 7.99. The number of urea groups is 1. The molecule has 1 heterocycles. The fourth-order valence-corrected chi connectivity index (χ4v) is 4.05. The molecule has 0 spiro atoms. The van der Waals surface area contributed by atoms with E-state index in [1.165, 1.54) is 12.1 Å². The van der Waals surface area contributed by atoms with Crippen molar-refractivity contribution < 1.29 is 9.18 Å². The molecule has 2 aromatic rings. The summed E-state index contributed by atoms with van der Waals surface area (Å²) in [6.45, 7) is 4.61. The molecule has 1 atom stereocenters. The van der Waals surface area contributed by atoms with E-state index in [4.69, 9.17) is 0 Å². The van der Waals surface area contributed by atoms with E-state index in [1.807, 2.05) is 38.1 Å². The summed E-state index contributed by atoms with van der Waals surface area (Å²) in [5.74, 6) is 0.576. The second-order valence-electron chi connectivity index (χ2n) is 5.67. The maximum Gasteiger partial charge on any atom is 0.323 e. The van der Waals surface area contributed by atoms with Gasteiger partial charge in [0.1, 0.15) is 11.2 Å². The lowest BCUT2D eigenvalue weighted by Gasteiger charge is -2.25. The van der Waals surface area contributed by atoms with Crippen LogP contribution in [0.4, 0.5) is 14.9 Å². The van der Waals surface area contributed by atoms with Crippen molar-refractivity contribution in [2.75, 3.05) is 17.6 Å². The van der Waals surface area contributed by atoms with Gasteiger partial charge in [-0.15, -0.1) is 11.8 Å². The highest BCUT2D eigenvalue weighted by atomic mass is 32.2. The van der Waals surface area contributed by atoms with Gasteiger partial charge in [0.2, 0.25) is 0 Å². The summed E-state index contributed by atoms with van der Waals surface area (Å²) in [6, 6.07) is 12.3. The van der Waals surface area contributed by atoms with Crippen LogP contribution < -0.4 is 5.32 Å². The first-order valence-corrected chi connectivity index (χ1v) is 8.62. The predicted molar refractivity (Wildman–Crippen MR) is 93.2 cm³/mol. The number of rotatable bonds is 2. The first kappa shape index (κ1) is 15.9. The molecule has 1 aliphatic heterocycles. The van der Waals surface area contributed by atoms with Gasteiger partial charge < -0.3 is 10.2 Å². The van der Waals surface area contributed by atoms with Crippen molar-refractivity contribution in [2.24, 2.45) is 0 Å². The minimum Gasteiger partial charge on any atom is -0.308 e. The Labute approximate surface area is 139 Å². The van der Waals surface area contributed by atoms with Gasteiger partial charge >= 0.3 is 6.03 Å². The van der Waals surface area contributed by atoms with Crippen LogP contribution in [0.5, 0.6) is 0 Å². The Morgan fingerprint density at radius 3 is 2.61 bits per heavy atom. The topological polar surface area (TPSA) is 32.3 Å². The maximum atomic E-state index is 13.5. The summed E-state index contributed by atoms with van der Waals surface area (Å²) >= 11 is 1.66. The Balaban J connectivity index is 1.81. The number of anilines is 1. The first-order chi connectivity index (χ1) is 11.1. The van der Waals surface area contributed by atoms with Crippen molar-refractivity contribution >= 4 is 23.5 Å². The molecule has 23 heavy (non-hydrogen) atoms. The molecule has 5 heteroatoms. The van der Waals surface area contributed by atoms with Crippen molar-refractivity contribution in [1.29, 1.82) is 0 Å². The van der Waals surface area contributed by atoms with Crippen LogP contribution in [0.25, 0.3) is 0 Å². The average Bonchev–Trinajstić information content (AvgIpc) is 3.00. The second-order valence-corrected chi connectivity index (χ2v) is 6.86. The van der Waals surface area contributed by atoms with Gasteiger partial charge in [0.05, 0.1) is 0 Å². The highest BCUT2D eigenvalue weighted by Gasteiger charge is 2.31. The Morgan fingerprint density at radius 1 is 1.22 bits per heavy atom. The van der Waals surface area contributed by atoms with Gasteiger partial charge in [0.25, 0.3) is 0 Å². The molecule has 3 nitrogen and oxygen atoms in total. The molecule has 0 bridgehead atoms. The third kappa shape index (κ3) is 3.34. The van der Waals surface area contributed by atoms with Crippen molar-refractivity contribution in [3.05, 3.63) is 65.0 Å². The molecule has 2 aromatic carbocycles. The molecule has 0 aromatic heterocycles. The van der Waals surface area contributed by atoms with Crippen molar-refractivity contribution in [3.63, 3.8) is 0 Å². The number of carbonyl (C=O) groups excluding carboxylic acids is 1. The number of aryl methyl sites for hydroxylation is 2. The molecule has 3 rings (SSSR count). The fraction of sp³-hybridized carbons (Fsp3) is 0.278. The summed E-state index contributed by atoms with van der Waals surface area (Å²) in [5.41, 5.74) is 3.75. The Hall–Kier alpha value is -2.01. The maximum absolute atomic E-state index is 13.5. The van der Waals surface area contributed by atoms with Crippen molar-refractivity contribution in [2.45, 2.75) is 19.2 Å². The van der Waals surface area contributed by atoms with Crippen LogP contribution in [0.2, 0.25) is 0 Å². The first-order valence-electron chi connectivity index (χ1n) is 7.57. The lowest BCUT2D eigenvalue weighted by Crippen LogP contribution is -2.34. The number of hydrogen-bond donors (Lipinski definition) is 1. The number of amides is 2. The Kier molecular flexibility index (Phi) is 4.57. The van der Waals surface area contributed by atoms with Gasteiger partial charge in [0, 0.05) is 18.0 Å². The molecule has 1 saturated heterocycles. The van der Waals surface area contributed by atoms with E-state index < -0.39 is 0 Å². The van der Waals surface area contributed by atoms with Gasteiger partial charge in [0.15, 0.2) is 0 Å². The third-order valence-corrected chi connectivity index (χ3v) is 5.26. The van der Waals surface area contributed by atoms with E-state index in [-0.39, 0.29) is 17.2 Å². The summed E-state index contributed by atoms with van der Waals surface area (Å²) in [4.78, 5) is 14.5. The number of carbonyl (C=O) groups is 1. The Morgan fingerprint density at radius 2 is 1.91 bits per heavy atom. The molecule has 0 radical (unpaired) electrons. The molecule has 1 N–H and O–H groups in total. The van der Waals surface area contributed by atoms with Gasteiger partial charge in [-0.3, -0.25) is 0 Å². The highest BCUT2D eigenvalue weighted by Crippen LogP contribution is 2.38. The standard InChI is InChI=1S/C18H19FN2OS/c1-12-5-3-6-13(2)16(12)20-18(22)21-9-10-23-17(21)14-7-4-8-15(19)11-14/h3-8,11,17H,9-10H2,1-2H3,(H,20,22)/t17-/m0/s1. The molecule has 2 amide bonds. The molecule has 0 unspecified atom stereocenters. The average molecular weight is 330 g/mol. The van der Waals surface area contributed by atoms with Crippen LogP contribution in [0.3, 0.4) is 0 Å². The number of nitrogens with one attached hydrogen (secondary N) is 1. The number of halogens is 1. The monoisotopic (exact) mass is 330 g/mol. The molecular formula is C18H19FN2OS. The Bertz CT molecular complexity index is 714. The van der Waals surface area contributed by atoms with Gasteiger partial charge in [-0.25, -0.2) is 9.18 Å². The summed E-state index contributed by atoms with van der Waals surface area (Å²) in [6.07, 6.45) is 0. The number of para-hydroxylation sites is 1. The molecule has 0 saturated carbocycles. The number of hydrogen-bond acceptors (Lipinski definition) is 2. The molecule has 1 fully saturated rings. The number of nitrogens with zero attached hydrogens (tertiary/aromatic N) is 1. The number of benzene rings is 2.